The first-order valence-corrected chi connectivity index (χ1v) is 10.7. The van der Waals surface area contributed by atoms with Crippen LogP contribution in [-0.2, 0) is 9.53 Å². The number of hydrogen-bond acceptors (Lipinski definition) is 7. The van der Waals surface area contributed by atoms with Crippen molar-refractivity contribution < 1.29 is 28.5 Å². The third-order valence-corrected chi connectivity index (χ3v) is 4.36. The summed E-state index contributed by atoms with van der Waals surface area (Å²) in [6, 6.07) is 14.4. The molecule has 0 aliphatic rings. The minimum atomic E-state index is -0.634. The number of nitrogens with one attached hydrogen (secondary N) is 1. The number of aromatic nitrogens is 2. The highest BCUT2D eigenvalue weighted by Crippen LogP contribution is 2.29. The molecule has 2 aromatic carbocycles. The standard InChI is InChI=1S/C24H27N3O6/c1-4-30-18-12-13-20(31-5-2)19(14-18)25-22(28)16-33-21-15-27(17-10-8-7-9-11-17)26-23(21)24(29)32-6-3/h7-15H,4-6,16H2,1-3H3,(H,25,28). The van der Waals surface area contributed by atoms with E-state index < -0.39 is 11.9 Å². The van der Waals surface area contributed by atoms with Gasteiger partial charge < -0.3 is 24.3 Å². The number of esters is 1. The molecule has 0 fully saturated rings. The van der Waals surface area contributed by atoms with E-state index in [-0.39, 0.29) is 24.7 Å². The van der Waals surface area contributed by atoms with E-state index in [4.69, 9.17) is 18.9 Å². The third-order valence-electron chi connectivity index (χ3n) is 4.36. The van der Waals surface area contributed by atoms with Crippen molar-refractivity contribution in [3.05, 3.63) is 60.4 Å². The van der Waals surface area contributed by atoms with Crippen molar-refractivity contribution in [1.82, 2.24) is 9.78 Å². The largest absolute Gasteiger partial charge is 0.494 e. The number of carbonyl (C=O) groups excluding carboxylic acids is 2. The summed E-state index contributed by atoms with van der Waals surface area (Å²) < 4.78 is 23.3. The summed E-state index contributed by atoms with van der Waals surface area (Å²) in [5.41, 5.74) is 1.18. The molecule has 174 valence electrons. The Morgan fingerprint density at radius 1 is 0.909 bits per heavy atom. The molecule has 0 saturated carbocycles. The molecule has 3 rings (SSSR count). The lowest BCUT2D eigenvalue weighted by Crippen LogP contribution is -2.21. The number of ether oxygens (including phenoxy) is 4. The van der Waals surface area contributed by atoms with Gasteiger partial charge in [0.05, 0.1) is 37.4 Å². The molecular weight excluding hydrogens is 426 g/mol. The highest BCUT2D eigenvalue weighted by atomic mass is 16.5. The maximum Gasteiger partial charge on any atom is 0.362 e. The molecule has 0 unspecified atom stereocenters. The van der Waals surface area contributed by atoms with Crippen molar-refractivity contribution in [3.8, 4) is 22.9 Å². The van der Waals surface area contributed by atoms with E-state index in [2.05, 4.69) is 10.4 Å². The Morgan fingerprint density at radius 3 is 2.36 bits per heavy atom. The highest BCUT2D eigenvalue weighted by Gasteiger charge is 2.21. The number of carbonyl (C=O) groups is 2. The van der Waals surface area contributed by atoms with Gasteiger partial charge in [-0.3, -0.25) is 4.79 Å². The molecule has 1 N–H and O–H groups in total. The predicted molar refractivity (Wildman–Crippen MR) is 122 cm³/mol. The first-order chi connectivity index (χ1) is 16.0. The quantitative estimate of drug-likeness (QED) is 0.440. The van der Waals surface area contributed by atoms with Crippen LogP contribution >= 0.6 is 0 Å². The van der Waals surface area contributed by atoms with Crippen molar-refractivity contribution in [1.29, 1.82) is 0 Å². The number of rotatable bonds is 11. The van der Waals surface area contributed by atoms with Crippen LogP contribution in [0.25, 0.3) is 5.69 Å². The minimum absolute atomic E-state index is 0.0122. The maximum absolute atomic E-state index is 12.6. The molecule has 0 saturated heterocycles. The van der Waals surface area contributed by atoms with Crippen LogP contribution in [0.1, 0.15) is 31.3 Å². The molecule has 33 heavy (non-hydrogen) atoms. The maximum atomic E-state index is 12.6. The van der Waals surface area contributed by atoms with E-state index in [1.807, 2.05) is 44.2 Å². The molecule has 0 bridgehead atoms. The number of amides is 1. The Labute approximate surface area is 192 Å². The second-order valence-corrected chi connectivity index (χ2v) is 6.70. The Balaban J connectivity index is 1.76. The van der Waals surface area contributed by atoms with E-state index >= 15 is 0 Å². The summed E-state index contributed by atoms with van der Waals surface area (Å²) in [5.74, 6) is 0.183. The number of anilines is 1. The molecule has 0 atom stereocenters. The van der Waals surface area contributed by atoms with Crippen LogP contribution in [0.4, 0.5) is 5.69 Å². The minimum Gasteiger partial charge on any atom is -0.494 e. The fourth-order valence-corrected chi connectivity index (χ4v) is 2.99. The van der Waals surface area contributed by atoms with E-state index in [1.165, 1.54) is 10.9 Å². The first kappa shape index (κ1) is 23.6. The second-order valence-electron chi connectivity index (χ2n) is 6.70. The molecule has 1 heterocycles. The van der Waals surface area contributed by atoms with Gasteiger partial charge in [-0.25, -0.2) is 9.48 Å². The van der Waals surface area contributed by atoms with E-state index in [0.717, 1.165) is 5.69 Å². The van der Waals surface area contributed by atoms with Gasteiger partial charge in [-0.2, -0.15) is 5.10 Å². The van der Waals surface area contributed by atoms with Gasteiger partial charge in [0.2, 0.25) is 5.69 Å². The summed E-state index contributed by atoms with van der Waals surface area (Å²) in [7, 11) is 0. The SMILES string of the molecule is CCOC(=O)c1nn(-c2ccccc2)cc1OCC(=O)Nc1cc(OCC)ccc1OCC. The summed E-state index contributed by atoms with van der Waals surface area (Å²) in [6.07, 6.45) is 1.54. The van der Waals surface area contributed by atoms with Gasteiger partial charge in [-0.1, -0.05) is 18.2 Å². The molecule has 3 aromatic rings. The Kier molecular flexibility index (Phi) is 8.29. The van der Waals surface area contributed by atoms with Crippen LogP contribution in [-0.4, -0.2) is 48.1 Å². The van der Waals surface area contributed by atoms with Crippen LogP contribution in [0.3, 0.4) is 0 Å². The fraction of sp³-hybridized carbons (Fsp3) is 0.292. The predicted octanol–water partition coefficient (Wildman–Crippen LogP) is 3.86. The Hall–Kier alpha value is -4.01. The number of hydrogen-bond donors (Lipinski definition) is 1. The summed E-state index contributed by atoms with van der Waals surface area (Å²) >= 11 is 0. The molecule has 1 amide bonds. The normalized spacial score (nSPS) is 10.4. The Bertz CT molecular complexity index is 1080. The first-order valence-electron chi connectivity index (χ1n) is 10.7. The van der Waals surface area contributed by atoms with Gasteiger partial charge in [0.15, 0.2) is 12.4 Å². The molecule has 0 aliphatic heterocycles. The van der Waals surface area contributed by atoms with Crippen molar-refractivity contribution in [3.63, 3.8) is 0 Å². The summed E-state index contributed by atoms with van der Waals surface area (Å²) in [6.45, 7) is 6.20. The number of benzene rings is 2. The zero-order chi connectivity index (χ0) is 23.6. The van der Waals surface area contributed by atoms with Gasteiger partial charge in [0.1, 0.15) is 11.5 Å². The molecule has 9 heteroatoms. The molecule has 0 radical (unpaired) electrons. The molecule has 1 aromatic heterocycles. The van der Waals surface area contributed by atoms with Crippen LogP contribution in [0.2, 0.25) is 0 Å². The van der Waals surface area contributed by atoms with E-state index in [1.54, 1.807) is 25.1 Å². The molecule has 0 spiro atoms. The summed E-state index contributed by atoms with van der Waals surface area (Å²) in [4.78, 5) is 25.0. The molecule has 0 aliphatic carbocycles. The number of para-hydroxylation sites is 1. The van der Waals surface area contributed by atoms with E-state index in [9.17, 15) is 9.59 Å². The smallest absolute Gasteiger partial charge is 0.362 e. The third kappa shape index (κ3) is 6.25. The fourth-order valence-electron chi connectivity index (χ4n) is 2.99. The van der Waals surface area contributed by atoms with Gasteiger partial charge >= 0.3 is 5.97 Å². The average molecular weight is 453 g/mol. The van der Waals surface area contributed by atoms with Gasteiger partial charge in [0.25, 0.3) is 5.91 Å². The van der Waals surface area contributed by atoms with E-state index in [0.29, 0.717) is 30.4 Å². The van der Waals surface area contributed by atoms with Gasteiger partial charge in [-0.15, -0.1) is 0 Å². The lowest BCUT2D eigenvalue weighted by atomic mass is 10.2. The molecular formula is C24H27N3O6. The van der Waals surface area contributed by atoms with Gasteiger partial charge in [-0.05, 0) is 45.0 Å². The van der Waals surface area contributed by atoms with Crippen LogP contribution < -0.4 is 19.5 Å². The van der Waals surface area contributed by atoms with Gasteiger partial charge in [0, 0.05) is 6.07 Å². The average Bonchev–Trinajstić information content (AvgIpc) is 3.25. The monoisotopic (exact) mass is 453 g/mol. The van der Waals surface area contributed by atoms with Crippen molar-refractivity contribution >= 4 is 17.6 Å². The Morgan fingerprint density at radius 2 is 1.67 bits per heavy atom. The zero-order valence-corrected chi connectivity index (χ0v) is 18.9. The zero-order valence-electron chi connectivity index (χ0n) is 18.9. The summed E-state index contributed by atoms with van der Waals surface area (Å²) in [5, 5.41) is 7.04. The van der Waals surface area contributed by atoms with Crippen molar-refractivity contribution in [2.24, 2.45) is 0 Å². The molecule has 9 nitrogen and oxygen atoms in total. The lowest BCUT2D eigenvalue weighted by Gasteiger charge is -2.13. The lowest BCUT2D eigenvalue weighted by molar-refractivity contribution is -0.118. The highest BCUT2D eigenvalue weighted by molar-refractivity contribution is 5.94. The van der Waals surface area contributed by atoms with Crippen molar-refractivity contribution in [2.45, 2.75) is 20.8 Å². The topological polar surface area (TPSA) is 101 Å². The van der Waals surface area contributed by atoms with Crippen molar-refractivity contribution in [2.75, 3.05) is 31.7 Å². The van der Waals surface area contributed by atoms with Crippen LogP contribution in [0.15, 0.2) is 54.7 Å². The number of nitrogens with zero attached hydrogens (tertiary/aromatic N) is 2. The second kappa shape index (κ2) is 11.6. The van der Waals surface area contributed by atoms with Crippen LogP contribution in [0.5, 0.6) is 17.2 Å². The van der Waals surface area contributed by atoms with Crippen LogP contribution in [0, 0.1) is 0 Å².